The van der Waals surface area contributed by atoms with Crippen LogP contribution in [-0.4, -0.2) is 25.1 Å². The summed E-state index contributed by atoms with van der Waals surface area (Å²) < 4.78 is 2.66. The molecule has 0 aliphatic heterocycles. The summed E-state index contributed by atoms with van der Waals surface area (Å²) in [7, 11) is 0. The van der Waals surface area contributed by atoms with E-state index in [4.69, 9.17) is 10.7 Å². The van der Waals surface area contributed by atoms with Crippen molar-refractivity contribution in [1.29, 1.82) is 0 Å². The molecule has 0 spiro atoms. The van der Waals surface area contributed by atoms with Crippen LogP contribution >= 0.6 is 15.9 Å². The lowest BCUT2D eigenvalue weighted by Crippen LogP contribution is -2.52. The van der Waals surface area contributed by atoms with Crippen molar-refractivity contribution in [3.05, 3.63) is 77.2 Å². The summed E-state index contributed by atoms with van der Waals surface area (Å²) in [6.07, 6.45) is 14.4. The molecule has 0 fully saturated rings. The summed E-state index contributed by atoms with van der Waals surface area (Å²) in [5, 5.41) is 5.47. The van der Waals surface area contributed by atoms with E-state index in [0.29, 0.717) is 0 Å². The Morgan fingerprint density at radius 2 is 1.88 bits per heavy atom. The molecule has 0 radical (unpaired) electrons. The Bertz CT molecular complexity index is 1420. The first-order valence-electron chi connectivity index (χ1n) is 12.0. The summed E-state index contributed by atoms with van der Waals surface area (Å²) in [5.41, 5.74) is 12.4. The Labute approximate surface area is 208 Å². The van der Waals surface area contributed by atoms with E-state index in [9.17, 15) is 0 Å². The van der Waals surface area contributed by atoms with E-state index >= 15 is 0 Å². The lowest BCUT2D eigenvalue weighted by Gasteiger charge is -2.44. The molecule has 1 unspecified atom stereocenters. The molecule has 2 N–H and O–H groups in total. The Hall–Kier alpha value is -2.83. The highest BCUT2D eigenvalue weighted by Crippen LogP contribution is 2.43. The van der Waals surface area contributed by atoms with Crippen LogP contribution in [0.4, 0.5) is 0 Å². The smallest absolute Gasteiger partial charge is 0.171 e. The van der Waals surface area contributed by atoms with Gasteiger partial charge < -0.3 is 5.73 Å². The van der Waals surface area contributed by atoms with Gasteiger partial charge in [0.15, 0.2) is 11.3 Å². The number of hydrogen-bond donors (Lipinski definition) is 1. The van der Waals surface area contributed by atoms with Crippen molar-refractivity contribution in [2.45, 2.75) is 52.0 Å². The van der Waals surface area contributed by atoms with Crippen molar-refractivity contribution in [1.82, 2.24) is 19.6 Å². The molecule has 5 nitrogen and oxygen atoms in total. The van der Waals surface area contributed by atoms with Crippen molar-refractivity contribution in [2.75, 3.05) is 0 Å². The molecule has 5 rings (SSSR count). The van der Waals surface area contributed by atoms with Gasteiger partial charge in [0, 0.05) is 28.1 Å². The third-order valence-electron chi connectivity index (χ3n) is 7.67. The molecule has 34 heavy (non-hydrogen) atoms. The van der Waals surface area contributed by atoms with Crippen LogP contribution in [0.25, 0.3) is 33.4 Å². The van der Waals surface area contributed by atoms with E-state index in [1.807, 2.05) is 16.8 Å². The van der Waals surface area contributed by atoms with E-state index in [1.54, 1.807) is 6.20 Å². The standard InChI is InChI=1S/C28H30BrN5/c1-4-28(30,5-2)27(3)14-9-12-20(13-15-27)24-22(19-10-7-6-8-11-19)16-21-17-31-26-23(29)18-32-34(26)25(21)33-24/h6-8,10-13,15-18H,4-5,9,14,30H2,1-3H3. The molecule has 1 aromatic carbocycles. The highest BCUT2D eigenvalue weighted by atomic mass is 79.9. The molecular formula is C28H30BrN5. The molecule has 1 aliphatic carbocycles. The fraction of sp³-hybridized carbons (Fsp3) is 0.321. The predicted molar refractivity (Wildman–Crippen MR) is 143 cm³/mol. The lowest BCUT2D eigenvalue weighted by molar-refractivity contribution is 0.174. The predicted octanol–water partition coefficient (Wildman–Crippen LogP) is 6.96. The largest absolute Gasteiger partial charge is 0.324 e. The van der Waals surface area contributed by atoms with Gasteiger partial charge in [-0.15, -0.1) is 0 Å². The lowest BCUT2D eigenvalue weighted by atomic mass is 9.66. The van der Waals surface area contributed by atoms with Crippen LogP contribution in [0.5, 0.6) is 0 Å². The van der Waals surface area contributed by atoms with Crippen LogP contribution < -0.4 is 5.73 Å². The van der Waals surface area contributed by atoms with Gasteiger partial charge in [-0.1, -0.05) is 69.3 Å². The molecule has 6 heteroatoms. The van der Waals surface area contributed by atoms with Gasteiger partial charge in [-0.05, 0) is 58.8 Å². The van der Waals surface area contributed by atoms with Gasteiger partial charge in [0.1, 0.15) is 0 Å². The van der Waals surface area contributed by atoms with E-state index in [1.165, 1.54) is 0 Å². The number of nitrogens with zero attached hydrogens (tertiary/aromatic N) is 4. The topological polar surface area (TPSA) is 69.1 Å². The van der Waals surface area contributed by atoms with E-state index in [2.05, 4.69) is 95.3 Å². The molecule has 1 atom stereocenters. The second-order valence-electron chi connectivity index (χ2n) is 9.46. The van der Waals surface area contributed by atoms with E-state index in [0.717, 1.165) is 69.2 Å². The first-order chi connectivity index (χ1) is 16.4. The summed E-state index contributed by atoms with van der Waals surface area (Å²) in [6, 6.07) is 12.6. The van der Waals surface area contributed by atoms with Gasteiger partial charge in [0.2, 0.25) is 0 Å². The maximum atomic E-state index is 6.91. The van der Waals surface area contributed by atoms with Gasteiger partial charge in [0.05, 0.1) is 16.4 Å². The quantitative estimate of drug-likeness (QED) is 0.311. The summed E-state index contributed by atoms with van der Waals surface area (Å²) >= 11 is 3.55. The molecular weight excluding hydrogens is 486 g/mol. The summed E-state index contributed by atoms with van der Waals surface area (Å²) in [6.45, 7) is 6.69. The first-order valence-corrected chi connectivity index (χ1v) is 12.8. The summed E-state index contributed by atoms with van der Waals surface area (Å²) in [4.78, 5) is 9.79. The number of hydrogen-bond acceptors (Lipinski definition) is 4. The number of aromatic nitrogens is 4. The normalized spacial score (nSPS) is 18.9. The van der Waals surface area contributed by atoms with Gasteiger partial charge in [-0.3, -0.25) is 0 Å². The molecule has 1 aliphatic rings. The Morgan fingerprint density at radius 1 is 1.12 bits per heavy atom. The monoisotopic (exact) mass is 515 g/mol. The Kier molecular flexibility index (Phi) is 5.90. The molecule has 4 aromatic rings. The highest BCUT2D eigenvalue weighted by molar-refractivity contribution is 9.10. The molecule has 0 saturated carbocycles. The first kappa shape index (κ1) is 22.9. The van der Waals surface area contributed by atoms with Crippen LogP contribution in [0.1, 0.15) is 52.1 Å². The average molecular weight is 516 g/mol. The zero-order valence-electron chi connectivity index (χ0n) is 19.9. The van der Waals surface area contributed by atoms with Gasteiger partial charge in [0.25, 0.3) is 0 Å². The second-order valence-corrected chi connectivity index (χ2v) is 10.3. The van der Waals surface area contributed by atoms with Crippen molar-refractivity contribution in [2.24, 2.45) is 11.1 Å². The third-order valence-corrected chi connectivity index (χ3v) is 8.23. The Balaban J connectivity index is 1.72. The van der Waals surface area contributed by atoms with Crippen molar-refractivity contribution >= 4 is 38.2 Å². The van der Waals surface area contributed by atoms with Crippen LogP contribution in [-0.2, 0) is 0 Å². The maximum absolute atomic E-state index is 6.91. The molecule has 0 bridgehead atoms. The number of allylic oxidation sites excluding steroid dienone is 3. The minimum Gasteiger partial charge on any atom is -0.324 e. The van der Waals surface area contributed by atoms with Gasteiger partial charge in [-0.2, -0.15) is 9.61 Å². The molecule has 3 aromatic heterocycles. The minimum absolute atomic E-state index is 0.0808. The molecule has 0 saturated heterocycles. The van der Waals surface area contributed by atoms with Crippen molar-refractivity contribution < 1.29 is 0 Å². The number of nitrogens with two attached hydrogens (primary N) is 1. The van der Waals surface area contributed by atoms with E-state index < -0.39 is 0 Å². The number of pyridine rings is 1. The SMILES string of the molecule is CCC(N)(CC)C1(C)C=CC(c2nc3c(cnc4c(Br)cnn43)cc2-c2ccccc2)=CCC1. The average Bonchev–Trinajstić information content (AvgIpc) is 3.13. The number of halogens is 1. The van der Waals surface area contributed by atoms with Crippen LogP contribution in [0, 0.1) is 5.41 Å². The number of rotatable bonds is 5. The molecule has 174 valence electrons. The molecule has 3 heterocycles. The highest BCUT2D eigenvalue weighted by Gasteiger charge is 2.40. The van der Waals surface area contributed by atoms with Crippen LogP contribution in [0.3, 0.4) is 0 Å². The van der Waals surface area contributed by atoms with Gasteiger partial charge in [-0.25, -0.2) is 9.97 Å². The van der Waals surface area contributed by atoms with Crippen LogP contribution in [0.15, 0.2) is 71.5 Å². The van der Waals surface area contributed by atoms with Crippen LogP contribution in [0.2, 0.25) is 0 Å². The molecule has 0 amide bonds. The fourth-order valence-electron chi connectivity index (χ4n) is 5.17. The van der Waals surface area contributed by atoms with E-state index in [-0.39, 0.29) is 11.0 Å². The zero-order chi connectivity index (χ0) is 23.9. The fourth-order valence-corrected chi connectivity index (χ4v) is 5.53. The maximum Gasteiger partial charge on any atom is 0.171 e. The zero-order valence-corrected chi connectivity index (χ0v) is 21.5. The van der Waals surface area contributed by atoms with Crippen molar-refractivity contribution in [3.63, 3.8) is 0 Å². The second kappa shape index (κ2) is 8.75. The minimum atomic E-state index is -0.231. The van der Waals surface area contributed by atoms with Gasteiger partial charge >= 0.3 is 0 Å². The third kappa shape index (κ3) is 3.69. The Morgan fingerprint density at radius 3 is 2.62 bits per heavy atom. The number of benzene rings is 1. The number of fused-ring (bicyclic) bond motifs is 3. The summed E-state index contributed by atoms with van der Waals surface area (Å²) in [5.74, 6) is 0. The van der Waals surface area contributed by atoms with Crippen molar-refractivity contribution in [3.8, 4) is 11.1 Å².